The van der Waals surface area contributed by atoms with Crippen LogP contribution in [0.4, 0.5) is 34.1 Å². The van der Waals surface area contributed by atoms with Gasteiger partial charge < -0.3 is 9.80 Å². The van der Waals surface area contributed by atoms with E-state index in [0.29, 0.717) is 0 Å². The first-order valence-corrected chi connectivity index (χ1v) is 25.6. The van der Waals surface area contributed by atoms with Gasteiger partial charge in [-0.25, -0.2) is 0 Å². The number of nitrogens with zero attached hydrogens (tertiary/aromatic N) is 2. The monoisotopic (exact) mass is 908 g/mol. The molecule has 0 radical (unpaired) electrons. The van der Waals surface area contributed by atoms with Crippen molar-refractivity contribution in [2.24, 2.45) is 0 Å². The molecule has 1 aliphatic heterocycles. The topological polar surface area (TPSA) is 6.48 Å². The van der Waals surface area contributed by atoms with Crippen molar-refractivity contribution >= 4 is 93.7 Å². The lowest BCUT2D eigenvalue weighted by Gasteiger charge is -2.29. The molecule has 0 spiro atoms. The van der Waals surface area contributed by atoms with E-state index < -0.39 is 0 Å². The third-order valence-electron chi connectivity index (χ3n) is 15.5. The fourth-order valence-corrected chi connectivity index (χ4v) is 14.6. The molecule has 4 heteroatoms. The minimum Gasteiger partial charge on any atom is -0.310 e. The van der Waals surface area contributed by atoms with E-state index >= 15 is 0 Å². The van der Waals surface area contributed by atoms with E-state index in [9.17, 15) is 0 Å². The maximum Gasteiger partial charge on any atom is 0.0476 e. The molecule has 3 aliphatic carbocycles. The molecule has 0 amide bonds. The van der Waals surface area contributed by atoms with Crippen molar-refractivity contribution in [1.29, 1.82) is 0 Å². The second kappa shape index (κ2) is 14.7. The number of thiophene rings is 1. The van der Waals surface area contributed by atoms with Crippen LogP contribution >= 0.6 is 23.1 Å². The lowest BCUT2D eigenvalue weighted by Crippen LogP contribution is -2.18. The van der Waals surface area contributed by atoms with E-state index in [4.69, 9.17) is 0 Å². The van der Waals surface area contributed by atoms with Crippen LogP contribution < -0.4 is 9.80 Å². The van der Waals surface area contributed by atoms with Crippen LogP contribution in [0, 0.1) is 0 Å². The summed E-state index contributed by atoms with van der Waals surface area (Å²) in [6.07, 6.45) is 6.97. The number of hydrogen-bond acceptors (Lipinski definition) is 4. The molecule has 0 fully saturated rings. The molecular formula is C64H48N2S2. The van der Waals surface area contributed by atoms with E-state index in [-0.39, 0.29) is 10.8 Å². The molecule has 0 saturated heterocycles. The Labute approximate surface area is 406 Å². The standard InChI is InChI=1S/C64H48N2S2/c1-63(2)53-23-13-11-20-45(53)47-30-26-41(34-55(47)63)65(39-16-7-5-8-17-39)43-28-32-49-52-38-60-61(51-22-15-25-57(62(51)52)67-58(49)36-43)50-33-29-44(37-59(50)68-60)66(40-18-9-6-10-19-40)42-27-31-48-46-21-12-14-24-54(46)64(3,4)56(48)35-42/h5-11,13-20,22-38H,12,21H2,1-4H3. The van der Waals surface area contributed by atoms with Gasteiger partial charge in [0.15, 0.2) is 0 Å². The molecule has 326 valence electrons. The highest BCUT2D eigenvalue weighted by molar-refractivity contribution is 7.99. The van der Waals surface area contributed by atoms with Gasteiger partial charge in [0, 0.05) is 80.3 Å². The predicted octanol–water partition coefficient (Wildman–Crippen LogP) is 19.0. The third kappa shape index (κ3) is 5.77. The van der Waals surface area contributed by atoms with Crippen LogP contribution in [-0.2, 0) is 10.8 Å². The van der Waals surface area contributed by atoms with Gasteiger partial charge in [0.2, 0.25) is 0 Å². The van der Waals surface area contributed by atoms with E-state index in [1.165, 1.54) is 113 Å². The molecule has 4 aliphatic rings. The summed E-state index contributed by atoms with van der Waals surface area (Å²) in [7, 11) is 0. The van der Waals surface area contributed by atoms with E-state index in [1.54, 1.807) is 0 Å². The van der Waals surface area contributed by atoms with Gasteiger partial charge in [-0.2, -0.15) is 0 Å². The Morgan fingerprint density at radius 2 is 1.03 bits per heavy atom. The molecule has 1 aromatic heterocycles. The van der Waals surface area contributed by atoms with E-state index in [2.05, 4.69) is 232 Å². The summed E-state index contributed by atoms with van der Waals surface area (Å²) in [6.45, 7) is 9.53. The van der Waals surface area contributed by atoms with Crippen LogP contribution in [0.5, 0.6) is 0 Å². The Hall–Kier alpha value is -7.11. The summed E-state index contributed by atoms with van der Waals surface area (Å²) < 4.78 is 2.62. The van der Waals surface area contributed by atoms with Crippen molar-refractivity contribution in [1.82, 2.24) is 0 Å². The van der Waals surface area contributed by atoms with Crippen molar-refractivity contribution in [2.45, 2.75) is 61.2 Å². The van der Waals surface area contributed by atoms with Gasteiger partial charge >= 0.3 is 0 Å². The zero-order chi connectivity index (χ0) is 45.5. The average molecular weight is 909 g/mol. The van der Waals surface area contributed by atoms with Crippen molar-refractivity contribution < 1.29 is 0 Å². The first-order chi connectivity index (χ1) is 33.2. The summed E-state index contributed by atoms with van der Waals surface area (Å²) in [6, 6.07) is 68.6. The van der Waals surface area contributed by atoms with Crippen molar-refractivity contribution in [3.8, 4) is 22.3 Å². The lowest BCUT2D eigenvalue weighted by atomic mass is 9.80. The molecule has 10 aromatic rings. The molecule has 2 heterocycles. The second-order valence-electron chi connectivity index (χ2n) is 20.0. The SMILES string of the molecule is CC1(C)C2=C(CCC=C2)c2ccc(N(c3ccccc3)c3ccc4c(c3)sc3cc5c6c(cccc6c34)Sc3cc(N(c4ccccc4)c4ccc6c(c4)C(C)(C)c4ccccc4-6)ccc3-5)cc21. The Bertz CT molecular complexity index is 3830. The molecule has 2 nitrogen and oxygen atoms in total. The second-order valence-corrected chi connectivity index (χ2v) is 22.1. The molecule has 14 rings (SSSR count). The summed E-state index contributed by atoms with van der Waals surface area (Å²) in [4.78, 5) is 7.48. The van der Waals surface area contributed by atoms with Crippen LogP contribution in [0.1, 0.15) is 62.8 Å². The van der Waals surface area contributed by atoms with Gasteiger partial charge in [0.05, 0.1) is 0 Å². The minimum atomic E-state index is -0.0891. The first kappa shape index (κ1) is 40.0. The van der Waals surface area contributed by atoms with Crippen LogP contribution in [0.3, 0.4) is 0 Å². The summed E-state index contributed by atoms with van der Waals surface area (Å²) in [5.74, 6) is 0. The zero-order valence-electron chi connectivity index (χ0n) is 38.6. The van der Waals surface area contributed by atoms with Gasteiger partial charge in [-0.15, -0.1) is 11.3 Å². The van der Waals surface area contributed by atoms with Gasteiger partial charge in [-0.3, -0.25) is 0 Å². The van der Waals surface area contributed by atoms with Gasteiger partial charge in [0.25, 0.3) is 0 Å². The van der Waals surface area contributed by atoms with Crippen molar-refractivity contribution in [3.05, 3.63) is 222 Å². The number of para-hydroxylation sites is 2. The zero-order valence-corrected chi connectivity index (χ0v) is 40.2. The number of hydrogen-bond donors (Lipinski definition) is 0. The fraction of sp³-hybridized carbons (Fsp3) is 0.125. The molecule has 0 saturated carbocycles. The van der Waals surface area contributed by atoms with Crippen molar-refractivity contribution in [2.75, 3.05) is 9.80 Å². The molecule has 68 heavy (non-hydrogen) atoms. The normalized spacial score (nSPS) is 15.6. The van der Waals surface area contributed by atoms with Crippen LogP contribution in [-0.4, -0.2) is 0 Å². The number of rotatable bonds is 6. The Balaban J connectivity index is 0.881. The highest BCUT2D eigenvalue weighted by atomic mass is 32.2. The molecule has 0 N–H and O–H groups in total. The maximum absolute atomic E-state index is 2.49. The van der Waals surface area contributed by atoms with E-state index in [1.807, 2.05) is 23.1 Å². The minimum absolute atomic E-state index is 0.0381. The third-order valence-corrected chi connectivity index (χ3v) is 17.7. The largest absolute Gasteiger partial charge is 0.310 e. The molecule has 0 unspecified atom stereocenters. The molecule has 0 atom stereocenters. The first-order valence-electron chi connectivity index (χ1n) is 24.0. The number of benzene rings is 9. The van der Waals surface area contributed by atoms with E-state index in [0.717, 1.165) is 29.9 Å². The van der Waals surface area contributed by atoms with Crippen molar-refractivity contribution in [3.63, 3.8) is 0 Å². The predicted molar refractivity (Wildman–Crippen MR) is 292 cm³/mol. The quantitative estimate of drug-likeness (QED) is 0.164. The number of allylic oxidation sites excluding steroid dienone is 4. The lowest BCUT2D eigenvalue weighted by molar-refractivity contribution is 0.651. The Morgan fingerprint density at radius 3 is 1.78 bits per heavy atom. The summed E-state index contributed by atoms with van der Waals surface area (Å²) in [5.41, 5.74) is 20.8. The van der Waals surface area contributed by atoms with Gasteiger partial charge in [0.1, 0.15) is 0 Å². The number of anilines is 6. The van der Waals surface area contributed by atoms with Crippen LogP contribution in [0.25, 0.3) is 58.8 Å². The summed E-state index contributed by atoms with van der Waals surface area (Å²) >= 11 is 3.82. The fourth-order valence-electron chi connectivity index (χ4n) is 12.2. The summed E-state index contributed by atoms with van der Waals surface area (Å²) in [5, 5.41) is 5.35. The smallest absolute Gasteiger partial charge is 0.0476 e. The molecular weight excluding hydrogens is 861 g/mol. The van der Waals surface area contributed by atoms with Crippen LogP contribution in [0.2, 0.25) is 0 Å². The van der Waals surface area contributed by atoms with Gasteiger partial charge in [-0.05, 0) is 159 Å². The van der Waals surface area contributed by atoms with Gasteiger partial charge in [-0.1, -0.05) is 149 Å². The Morgan fingerprint density at radius 1 is 0.412 bits per heavy atom. The number of fused-ring (bicyclic) bond motifs is 11. The maximum atomic E-state index is 2.49. The highest BCUT2D eigenvalue weighted by Crippen LogP contribution is 2.56. The van der Waals surface area contributed by atoms with Crippen LogP contribution in [0.15, 0.2) is 210 Å². The molecule has 9 aromatic carbocycles. The molecule has 0 bridgehead atoms. The average Bonchev–Trinajstić information content (AvgIpc) is 3.94. The Kier molecular flexibility index (Phi) is 8.64. The highest BCUT2D eigenvalue weighted by Gasteiger charge is 2.38.